The first kappa shape index (κ1) is 18.2. The van der Waals surface area contributed by atoms with Crippen molar-refractivity contribution in [3.63, 3.8) is 0 Å². The molecule has 0 aliphatic carbocycles. The summed E-state index contributed by atoms with van der Waals surface area (Å²) in [5.74, 6) is -0.371. The highest BCUT2D eigenvalue weighted by Crippen LogP contribution is 2.32. The topological polar surface area (TPSA) is 64.3 Å². The number of amides is 1. The fraction of sp³-hybridized carbons (Fsp3) is 0.400. The van der Waals surface area contributed by atoms with E-state index in [0.29, 0.717) is 25.2 Å². The number of halogens is 3. The molecular weight excluding hydrogens is 297 g/mol. The Balaban J connectivity index is 2.64. The van der Waals surface area contributed by atoms with Crippen molar-refractivity contribution < 1.29 is 22.7 Å². The second kappa shape index (κ2) is 8.55. The number of carbonyl (C=O) groups is 1. The highest BCUT2D eigenvalue weighted by Gasteiger charge is 2.31. The number of benzene rings is 1. The molecule has 122 valence electrons. The molecule has 0 aliphatic heterocycles. The van der Waals surface area contributed by atoms with E-state index in [1.807, 2.05) is 0 Å². The second-order valence-corrected chi connectivity index (χ2v) is 4.64. The first-order valence-corrected chi connectivity index (χ1v) is 6.76. The largest absolute Gasteiger partial charge is 0.416 e. The van der Waals surface area contributed by atoms with Gasteiger partial charge in [-0.3, -0.25) is 4.79 Å². The predicted octanol–water partition coefficient (Wildman–Crippen LogP) is 3.09. The van der Waals surface area contributed by atoms with Crippen LogP contribution in [0, 0.1) is 0 Å². The van der Waals surface area contributed by atoms with E-state index in [1.54, 1.807) is 6.08 Å². The maximum Gasteiger partial charge on any atom is 0.416 e. The van der Waals surface area contributed by atoms with Crippen LogP contribution in [0.5, 0.6) is 0 Å². The lowest BCUT2D eigenvalue weighted by Crippen LogP contribution is -2.14. The van der Waals surface area contributed by atoms with Crippen LogP contribution in [-0.4, -0.2) is 19.1 Å². The molecule has 22 heavy (non-hydrogen) atoms. The van der Waals surface area contributed by atoms with Gasteiger partial charge in [-0.15, -0.1) is 6.58 Å². The Bertz CT molecular complexity index is 516. The van der Waals surface area contributed by atoms with Crippen molar-refractivity contribution in [3.05, 3.63) is 42.0 Å². The third kappa shape index (κ3) is 6.28. The number of nitrogens with one attached hydrogen (secondary N) is 1. The third-order valence-corrected chi connectivity index (χ3v) is 2.77. The number of nitrogens with two attached hydrogens (primary N) is 1. The van der Waals surface area contributed by atoms with Crippen LogP contribution in [0.25, 0.3) is 0 Å². The van der Waals surface area contributed by atoms with E-state index in [4.69, 9.17) is 10.5 Å². The molecule has 1 aromatic rings. The van der Waals surface area contributed by atoms with E-state index in [0.717, 1.165) is 12.1 Å². The molecular formula is C15H19F3N2O2. The molecule has 0 bridgehead atoms. The van der Waals surface area contributed by atoms with Gasteiger partial charge < -0.3 is 15.8 Å². The summed E-state index contributed by atoms with van der Waals surface area (Å²) in [6, 6.07) is 3.30. The minimum atomic E-state index is -4.48. The summed E-state index contributed by atoms with van der Waals surface area (Å²) in [6.45, 7) is 4.23. The van der Waals surface area contributed by atoms with Crippen molar-refractivity contribution in [1.29, 1.82) is 0 Å². The van der Waals surface area contributed by atoms with Crippen LogP contribution in [-0.2, 0) is 22.3 Å². The van der Waals surface area contributed by atoms with Crippen LogP contribution in [0.15, 0.2) is 30.9 Å². The monoisotopic (exact) mass is 316 g/mol. The smallest absolute Gasteiger partial charge is 0.377 e. The summed E-state index contributed by atoms with van der Waals surface area (Å²) in [4.78, 5) is 11.7. The summed E-state index contributed by atoms with van der Waals surface area (Å²) in [5, 5.41) is 2.45. The fourth-order valence-corrected chi connectivity index (χ4v) is 1.77. The highest BCUT2D eigenvalue weighted by atomic mass is 19.4. The van der Waals surface area contributed by atoms with E-state index in [2.05, 4.69) is 11.9 Å². The molecule has 0 saturated carbocycles. The van der Waals surface area contributed by atoms with Gasteiger partial charge in [0.25, 0.3) is 0 Å². The normalized spacial score (nSPS) is 11.3. The molecule has 3 N–H and O–H groups in total. The van der Waals surface area contributed by atoms with Gasteiger partial charge in [0.2, 0.25) is 5.91 Å². The molecule has 1 aromatic carbocycles. The Morgan fingerprint density at radius 2 is 2.09 bits per heavy atom. The Morgan fingerprint density at radius 1 is 1.36 bits per heavy atom. The standard InChI is InChI=1S/C15H19F3N2O2/c1-2-5-22-6-3-4-14(21)20-13-8-11(10-19)7-12(9-13)15(16,17)18/h2,7-9H,1,3-6,10,19H2,(H,20,21). The minimum absolute atomic E-state index is 0.0395. The zero-order valence-corrected chi connectivity index (χ0v) is 12.1. The first-order valence-electron chi connectivity index (χ1n) is 6.76. The van der Waals surface area contributed by atoms with Gasteiger partial charge >= 0.3 is 6.18 Å². The summed E-state index contributed by atoms with van der Waals surface area (Å²) in [6.07, 6.45) is -2.26. The zero-order chi connectivity index (χ0) is 16.6. The lowest BCUT2D eigenvalue weighted by molar-refractivity contribution is -0.137. The summed E-state index contributed by atoms with van der Waals surface area (Å²) in [7, 11) is 0. The molecule has 1 rings (SSSR count). The molecule has 0 unspecified atom stereocenters. The highest BCUT2D eigenvalue weighted by molar-refractivity contribution is 5.90. The zero-order valence-electron chi connectivity index (χ0n) is 12.1. The number of carbonyl (C=O) groups excluding carboxylic acids is 1. The number of alkyl halides is 3. The molecule has 0 fully saturated rings. The van der Waals surface area contributed by atoms with Gasteiger partial charge in [-0.1, -0.05) is 6.08 Å². The van der Waals surface area contributed by atoms with E-state index < -0.39 is 11.7 Å². The van der Waals surface area contributed by atoms with Crippen LogP contribution < -0.4 is 11.1 Å². The maximum absolute atomic E-state index is 12.8. The minimum Gasteiger partial charge on any atom is -0.377 e. The van der Waals surface area contributed by atoms with Gasteiger partial charge in [-0.2, -0.15) is 13.2 Å². The van der Waals surface area contributed by atoms with Gasteiger partial charge in [0, 0.05) is 25.3 Å². The van der Waals surface area contributed by atoms with E-state index in [-0.39, 0.29) is 24.6 Å². The molecule has 0 spiro atoms. The third-order valence-electron chi connectivity index (χ3n) is 2.77. The Kier molecular flexibility index (Phi) is 7.07. The number of ether oxygens (including phenoxy) is 1. The first-order chi connectivity index (χ1) is 10.4. The maximum atomic E-state index is 12.8. The molecule has 4 nitrogen and oxygen atoms in total. The Morgan fingerprint density at radius 3 is 2.68 bits per heavy atom. The molecule has 0 atom stereocenters. The SMILES string of the molecule is C=CCOCCCC(=O)Nc1cc(CN)cc(C(F)(F)F)c1. The lowest BCUT2D eigenvalue weighted by Gasteiger charge is -2.12. The average molecular weight is 316 g/mol. The van der Waals surface area contributed by atoms with Crippen LogP contribution in [0.1, 0.15) is 24.0 Å². The number of rotatable bonds is 8. The van der Waals surface area contributed by atoms with Gasteiger partial charge in [0.1, 0.15) is 0 Å². The number of hydrogen-bond donors (Lipinski definition) is 2. The van der Waals surface area contributed by atoms with Gasteiger partial charge in [0.15, 0.2) is 0 Å². The van der Waals surface area contributed by atoms with Crippen molar-refractivity contribution in [2.75, 3.05) is 18.5 Å². The lowest BCUT2D eigenvalue weighted by atomic mass is 10.1. The molecule has 0 aromatic heterocycles. The molecule has 0 radical (unpaired) electrons. The van der Waals surface area contributed by atoms with Crippen LogP contribution >= 0.6 is 0 Å². The van der Waals surface area contributed by atoms with Crippen molar-refractivity contribution in [3.8, 4) is 0 Å². The predicted molar refractivity (Wildman–Crippen MR) is 78.2 cm³/mol. The molecule has 0 aliphatic rings. The molecule has 7 heteroatoms. The Labute approximate surface area is 127 Å². The van der Waals surface area contributed by atoms with Crippen molar-refractivity contribution in [2.24, 2.45) is 5.73 Å². The second-order valence-electron chi connectivity index (χ2n) is 4.64. The van der Waals surface area contributed by atoms with Crippen LogP contribution in [0.4, 0.5) is 18.9 Å². The quantitative estimate of drug-likeness (QED) is 0.572. The van der Waals surface area contributed by atoms with Crippen molar-refractivity contribution >= 4 is 11.6 Å². The molecule has 1 amide bonds. The van der Waals surface area contributed by atoms with Gasteiger partial charge in [0.05, 0.1) is 12.2 Å². The average Bonchev–Trinajstić information content (AvgIpc) is 2.45. The van der Waals surface area contributed by atoms with Gasteiger partial charge in [-0.05, 0) is 30.2 Å². The van der Waals surface area contributed by atoms with E-state index >= 15 is 0 Å². The van der Waals surface area contributed by atoms with Crippen LogP contribution in [0.2, 0.25) is 0 Å². The van der Waals surface area contributed by atoms with Crippen LogP contribution in [0.3, 0.4) is 0 Å². The fourth-order valence-electron chi connectivity index (χ4n) is 1.77. The molecule has 0 heterocycles. The molecule has 0 saturated heterocycles. The summed E-state index contributed by atoms with van der Waals surface area (Å²) >= 11 is 0. The van der Waals surface area contributed by atoms with E-state index in [9.17, 15) is 18.0 Å². The number of hydrogen-bond acceptors (Lipinski definition) is 3. The van der Waals surface area contributed by atoms with Crippen molar-refractivity contribution in [2.45, 2.75) is 25.6 Å². The summed E-state index contributed by atoms with van der Waals surface area (Å²) in [5.41, 5.74) is 4.95. The Hall–Kier alpha value is -1.86. The number of anilines is 1. The van der Waals surface area contributed by atoms with Crippen molar-refractivity contribution in [1.82, 2.24) is 0 Å². The summed E-state index contributed by atoms with van der Waals surface area (Å²) < 4.78 is 43.4. The van der Waals surface area contributed by atoms with E-state index in [1.165, 1.54) is 6.07 Å². The van der Waals surface area contributed by atoms with Gasteiger partial charge in [-0.25, -0.2) is 0 Å².